The summed E-state index contributed by atoms with van der Waals surface area (Å²) in [7, 11) is 1.74. The first-order chi connectivity index (χ1) is 5.74. The largest absolute Gasteiger partial charge is 0.328 e. The van der Waals surface area contributed by atoms with Crippen molar-refractivity contribution in [2.45, 2.75) is 6.92 Å². The smallest absolute Gasteiger partial charge is 0.323 e. The summed E-state index contributed by atoms with van der Waals surface area (Å²) in [4.78, 5) is 16.7. The molecule has 2 amide bonds. The fourth-order valence-electron chi connectivity index (χ4n) is 0.616. The third-order valence-corrected chi connectivity index (χ3v) is 2.16. The van der Waals surface area contributed by atoms with E-state index in [4.69, 9.17) is 0 Å². The van der Waals surface area contributed by atoms with Crippen molar-refractivity contribution >= 4 is 22.5 Å². The van der Waals surface area contributed by atoms with Crippen LogP contribution in [0.2, 0.25) is 0 Å². The van der Waals surface area contributed by atoms with E-state index < -0.39 is 0 Å². The van der Waals surface area contributed by atoms with Gasteiger partial charge >= 0.3 is 6.03 Å². The van der Waals surface area contributed by atoms with Gasteiger partial charge < -0.3 is 4.90 Å². The minimum atomic E-state index is -0.118. The molecule has 1 aromatic rings. The Morgan fingerprint density at radius 2 is 2.58 bits per heavy atom. The van der Waals surface area contributed by atoms with E-state index in [0.717, 1.165) is 0 Å². The fraction of sp³-hybridized carbons (Fsp3) is 0.429. The van der Waals surface area contributed by atoms with E-state index in [1.54, 1.807) is 18.1 Å². The summed E-state index contributed by atoms with van der Waals surface area (Å²) in [5.74, 6) is 0. The van der Waals surface area contributed by atoms with E-state index in [1.807, 2.05) is 12.3 Å². The number of rotatable bonds is 2. The van der Waals surface area contributed by atoms with Gasteiger partial charge in [-0.2, -0.15) is 0 Å². The van der Waals surface area contributed by atoms with Crippen LogP contribution in [-0.2, 0) is 0 Å². The molecule has 66 valence electrons. The Labute approximate surface area is 75.2 Å². The molecule has 0 bridgehead atoms. The van der Waals surface area contributed by atoms with Crippen molar-refractivity contribution in [2.24, 2.45) is 0 Å². The van der Waals surface area contributed by atoms with Gasteiger partial charge in [0, 0.05) is 25.2 Å². The van der Waals surface area contributed by atoms with Gasteiger partial charge in [-0.3, -0.25) is 5.32 Å². The van der Waals surface area contributed by atoms with E-state index in [-0.39, 0.29) is 6.03 Å². The lowest BCUT2D eigenvalue weighted by molar-refractivity contribution is 0.224. The van der Waals surface area contributed by atoms with E-state index in [0.29, 0.717) is 11.7 Å². The number of aromatic nitrogens is 1. The van der Waals surface area contributed by atoms with Crippen LogP contribution in [0, 0.1) is 0 Å². The molecule has 0 aliphatic carbocycles. The Morgan fingerprint density at radius 3 is 3.08 bits per heavy atom. The summed E-state index contributed by atoms with van der Waals surface area (Å²) in [6.45, 7) is 2.61. The molecule has 0 aromatic carbocycles. The second-order valence-electron chi connectivity index (χ2n) is 2.28. The Kier molecular flexibility index (Phi) is 3.04. The van der Waals surface area contributed by atoms with Crippen molar-refractivity contribution in [2.75, 3.05) is 18.9 Å². The predicted molar refractivity (Wildman–Crippen MR) is 49.4 cm³/mol. The summed E-state index contributed by atoms with van der Waals surface area (Å²) in [5, 5.41) is 5.13. The maximum absolute atomic E-state index is 11.2. The lowest BCUT2D eigenvalue weighted by atomic mass is 10.6. The standard InChI is InChI=1S/C7H11N3OS/c1-3-10(2)7(11)9-6-8-4-5-12-6/h4-5H,3H2,1-2H3,(H,8,9,11). The number of carbonyl (C=O) groups excluding carboxylic acids is 1. The predicted octanol–water partition coefficient (Wildman–Crippen LogP) is 1.63. The van der Waals surface area contributed by atoms with Gasteiger partial charge in [-0.05, 0) is 6.92 Å². The zero-order valence-electron chi connectivity index (χ0n) is 7.07. The molecule has 1 aromatic heterocycles. The van der Waals surface area contributed by atoms with Crippen LogP contribution < -0.4 is 5.32 Å². The van der Waals surface area contributed by atoms with Gasteiger partial charge in [-0.25, -0.2) is 9.78 Å². The van der Waals surface area contributed by atoms with E-state index in [9.17, 15) is 4.79 Å². The molecule has 1 heterocycles. The number of hydrogen-bond acceptors (Lipinski definition) is 3. The zero-order valence-corrected chi connectivity index (χ0v) is 7.89. The van der Waals surface area contributed by atoms with Crippen LogP contribution in [0.4, 0.5) is 9.93 Å². The van der Waals surface area contributed by atoms with Crippen molar-refractivity contribution in [3.63, 3.8) is 0 Å². The first-order valence-electron chi connectivity index (χ1n) is 3.65. The van der Waals surface area contributed by atoms with E-state index in [1.165, 1.54) is 11.3 Å². The topological polar surface area (TPSA) is 45.2 Å². The number of anilines is 1. The van der Waals surface area contributed by atoms with E-state index in [2.05, 4.69) is 10.3 Å². The fourth-order valence-corrected chi connectivity index (χ4v) is 1.13. The maximum Gasteiger partial charge on any atom is 0.323 e. The van der Waals surface area contributed by atoms with E-state index >= 15 is 0 Å². The molecular formula is C7H11N3OS. The van der Waals surface area contributed by atoms with Crippen LogP contribution in [-0.4, -0.2) is 29.5 Å². The molecule has 0 fully saturated rings. The molecule has 4 nitrogen and oxygen atoms in total. The third kappa shape index (κ3) is 2.20. The molecule has 0 saturated carbocycles. The van der Waals surface area contributed by atoms with Crippen molar-refractivity contribution in [1.29, 1.82) is 0 Å². The SMILES string of the molecule is CCN(C)C(=O)Nc1nccs1. The Balaban J connectivity index is 2.47. The number of nitrogens with zero attached hydrogens (tertiary/aromatic N) is 2. The van der Waals surface area contributed by atoms with Gasteiger partial charge in [0.1, 0.15) is 0 Å². The molecular weight excluding hydrogens is 174 g/mol. The summed E-state index contributed by atoms with van der Waals surface area (Å²) in [6, 6.07) is -0.118. The second kappa shape index (κ2) is 4.06. The number of amides is 2. The van der Waals surface area contributed by atoms with Crippen molar-refractivity contribution in [3.8, 4) is 0 Å². The number of thiazole rings is 1. The highest BCUT2D eigenvalue weighted by Gasteiger charge is 2.06. The minimum absolute atomic E-state index is 0.118. The molecule has 0 unspecified atom stereocenters. The van der Waals surface area contributed by atoms with Crippen LogP contribution in [0.1, 0.15) is 6.92 Å². The molecule has 0 saturated heterocycles. The Hall–Kier alpha value is -1.10. The quantitative estimate of drug-likeness (QED) is 0.761. The molecule has 0 atom stereocenters. The first kappa shape index (κ1) is 8.99. The van der Waals surface area contributed by atoms with Crippen LogP contribution in [0.5, 0.6) is 0 Å². The monoisotopic (exact) mass is 185 g/mol. The highest BCUT2D eigenvalue weighted by Crippen LogP contribution is 2.10. The second-order valence-corrected chi connectivity index (χ2v) is 3.18. The molecule has 0 aliphatic heterocycles. The lowest BCUT2D eigenvalue weighted by Crippen LogP contribution is -2.30. The average Bonchev–Trinajstić information content (AvgIpc) is 2.55. The maximum atomic E-state index is 11.2. The summed E-state index contributed by atoms with van der Waals surface area (Å²) in [6.07, 6.45) is 1.66. The number of urea groups is 1. The van der Waals surface area contributed by atoms with Gasteiger partial charge in [-0.1, -0.05) is 0 Å². The third-order valence-electron chi connectivity index (χ3n) is 1.47. The molecule has 0 aliphatic rings. The van der Waals surface area contributed by atoms with Crippen molar-refractivity contribution < 1.29 is 4.79 Å². The van der Waals surface area contributed by atoms with Gasteiger partial charge in [0.25, 0.3) is 0 Å². The van der Waals surface area contributed by atoms with Gasteiger partial charge in [0.2, 0.25) is 0 Å². The first-order valence-corrected chi connectivity index (χ1v) is 4.53. The van der Waals surface area contributed by atoms with Crippen LogP contribution in [0.3, 0.4) is 0 Å². The van der Waals surface area contributed by atoms with Crippen molar-refractivity contribution in [1.82, 2.24) is 9.88 Å². The highest BCUT2D eigenvalue weighted by molar-refractivity contribution is 7.13. The molecule has 0 radical (unpaired) electrons. The highest BCUT2D eigenvalue weighted by atomic mass is 32.1. The molecule has 5 heteroatoms. The van der Waals surface area contributed by atoms with Crippen LogP contribution in [0.25, 0.3) is 0 Å². The molecule has 12 heavy (non-hydrogen) atoms. The Morgan fingerprint density at radius 1 is 1.83 bits per heavy atom. The van der Waals surface area contributed by atoms with Crippen molar-refractivity contribution in [3.05, 3.63) is 11.6 Å². The number of hydrogen-bond donors (Lipinski definition) is 1. The molecule has 1 rings (SSSR count). The normalized spacial score (nSPS) is 9.50. The Bertz CT molecular complexity index is 247. The average molecular weight is 185 g/mol. The summed E-state index contributed by atoms with van der Waals surface area (Å²) < 4.78 is 0. The van der Waals surface area contributed by atoms with Gasteiger partial charge in [-0.15, -0.1) is 11.3 Å². The van der Waals surface area contributed by atoms with Crippen LogP contribution >= 0.6 is 11.3 Å². The zero-order chi connectivity index (χ0) is 8.97. The summed E-state index contributed by atoms with van der Waals surface area (Å²) >= 11 is 1.41. The molecule has 1 N–H and O–H groups in total. The number of carbonyl (C=O) groups is 1. The summed E-state index contributed by atoms with van der Waals surface area (Å²) in [5.41, 5.74) is 0. The lowest BCUT2D eigenvalue weighted by Gasteiger charge is -2.13. The minimum Gasteiger partial charge on any atom is -0.328 e. The van der Waals surface area contributed by atoms with Crippen LogP contribution in [0.15, 0.2) is 11.6 Å². The molecule has 0 spiro atoms. The van der Waals surface area contributed by atoms with Gasteiger partial charge in [0.15, 0.2) is 5.13 Å². The number of nitrogens with one attached hydrogen (secondary N) is 1. The van der Waals surface area contributed by atoms with Gasteiger partial charge in [0.05, 0.1) is 0 Å².